The predicted octanol–water partition coefficient (Wildman–Crippen LogP) is 6.02. The number of benzene rings is 3. The normalized spacial score (nSPS) is 11.3. The summed E-state index contributed by atoms with van der Waals surface area (Å²) in [6.07, 6.45) is 3.15. The molecule has 3 aromatic carbocycles. The van der Waals surface area contributed by atoms with Crippen LogP contribution >= 0.6 is 0 Å². The first-order valence-corrected chi connectivity index (χ1v) is 10.5. The lowest BCUT2D eigenvalue weighted by atomic mass is 10.1. The van der Waals surface area contributed by atoms with Crippen LogP contribution in [0.5, 0.6) is 0 Å². The number of halogens is 5. The average molecular weight is 474 g/mol. The van der Waals surface area contributed by atoms with Gasteiger partial charge in [-0.15, -0.1) is 10.2 Å². The van der Waals surface area contributed by atoms with E-state index in [0.717, 1.165) is 19.3 Å². The summed E-state index contributed by atoms with van der Waals surface area (Å²) < 4.78 is 68.2. The summed E-state index contributed by atoms with van der Waals surface area (Å²) in [6.45, 7) is 3.71. The van der Waals surface area contributed by atoms with Gasteiger partial charge in [-0.2, -0.15) is 4.80 Å². The van der Waals surface area contributed by atoms with Gasteiger partial charge in [0.05, 0.1) is 5.69 Å². The molecular formula is C24H19F5N4O. The van der Waals surface area contributed by atoms with Crippen LogP contribution in [-0.2, 0) is 6.42 Å². The number of hydrogen-bond donors (Lipinski definition) is 1. The molecule has 10 heteroatoms. The molecule has 0 spiro atoms. The van der Waals surface area contributed by atoms with E-state index in [-0.39, 0.29) is 5.69 Å². The van der Waals surface area contributed by atoms with Crippen molar-refractivity contribution in [1.29, 1.82) is 0 Å². The molecule has 5 nitrogen and oxygen atoms in total. The second-order valence-electron chi connectivity index (χ2n) is 7.81. The number of rotatable bonds is 6. The first-order valence-electron chi connectivity index (χ1n) is 10.5. The molecule has 34 heavy (non-hydrogen) atoms. The molecule has 1 heterocycles. The summed E-state index contributed by atoms with van der Waals surface area (Å²) in [6, 6.07) is 10.7. The SMILES string of the molecule is CCCCc1ccc(-n2nc3cc(C)c(NC(=O)c4c(F)c(F)c(F)c(F)c4F)cc3n2)cc1. The van der Waals surface area contributed by atoms with Crippen molar-refractivity contribution in [2.45, 2.75) is 33.1 Å². The van der Waals surface area contributed by atoms with Gasteiger partial charge in [-0.1, -0.05) is 25.5 Å². The van der Waals surface area contributed by atoms with Crippen LogP contribution in [0.1, 0.15) is 41.3 Å². The van der Waals surface area contributed by atoms with Crippen LogP contribution < -0.4 is 5.32 Å². The standard InChI is InChI=1S/C24H19F5N4O/c1-3-4-5-13-6-8-14(9-7-13)33-31-16-10-12(2)15(11-17(16)32-33)30-24(34)18-19(25)21(27)23(29)22(28)20(18)26/h6-11H,3-5H2,1-2H3,(H,30,34). The molecule has 1 amide bonds. The maximum Gasteiger partial charge on any atom is 0.261 e. The highest BCUT2D eigenvalue weighted by atomic mass is 19.2. The number of fused-ring (bicyclic) bond motifs is 1. The Kier molecular flexibility index (Phi) is 6.32. The molecule has 0 saturated heterocycles. The molecular weight excluding hydrogens is 455 g/mol. The molecule has 4 aromatic rings. The van der Waals surface area contributed by atoms with Crippen molar-refractivity contribution in [1.82, 2.24) is 15.0 Å². The molecule has 176 valence electrons. The molecule has 4 rings (SSSR count). The van der Waals surface area contributed by atoms with Gasteiger partial charge in [0.2, 0.25) is 5.82 Å². The van der Waals surface area contributed by atoms with E-state index in [1.807, 2.05) is 24.3 Å². The highest BCUT2D eigenvalue weighted by Gasteiger charge is 2.30. The van der Waals surface area contributed by atoms with Gasteiger partial charge in [-0.25, -0.2) is 22.0 Å². The molecule has 1 N–H and O–H groups in total. The third kappa shape index (κ3) is 4.23. The van der Waals surface area contributed by atoms with Crippen LogP contribution in [0.25, 0.3) is 16.7 Å². The van der Waals surface area contributed by atoms with Crippen LogP contribution in [0.2, 0.25) is 0 Å². The quantitative estimate of drug-likeness (QED) is 0.211. The number of carbonyl (C=O) groups is 1. The molecule has 0 aliphatic carbocycles. The van der Waals surface area contributed by atoms with E-state index < -0.39 is 40.6 Å². The molecule has 1 aromatic heterocycles. The second-order valence-corrected chi connectivity index (χ2v) is 7.81. The van der Waals surface area contributed by atoms with Gasteiger partial charge in [0, 0.05) is 5.69 Å². The van der Waals surface area contributed by atoms with Gasteiger partial charge in [-0.3, -0.25) is 4.79 Å². The zero-order chi connectivity index (χ0) is 24.6. The maximum absolute atomic E-state index is 14.0. The molecule has 0 aliphatic rings. The third-order valence-corrected chi connectivity index (χ3v) is 5.40. The highest BCUT2D eigenvalue weighted by Crippen LogP contribution is 2.26. The smallest absolute Gasteiger partial charge is 0.261 e. The number of carbonyl (C=O) groups excluding carboxylic acids is 1. The number of nitrogens with one attached hydrogen (secondary N) is 1. The van der Waals surface area contributed by atoms with Gasteiger partial charge in [-0.05, 0) is 55.2 Å². The van der Waals surface area contributed by atoms with Crippen molar-refractivity contribution in [3.05, 3.63) is 82.2 Å². The summed E-state index contributed by atoms with van der Waals surface area (Å²) in [7, 11) is 0. The Morgan fingerprint density at radius 2 is 1.44 bits per heavy atom. The monoisotopic (exact) mass is 474 g/mol. The fraction of sp³-hybridized carbons (Fsp3) is 0.208. The van der Waals surface area contributed by atoms with E-state index in [0.29, 0.717) is 22.3 Å². The number of nitrogens with zero attached hydrogens (tertiary/aromatic N) is 3. The van der Waals surface area contributed by atoms with Gasteiger partial charge in [0.1, 0.15) is 16.6 Å². The number of aromatic nitrogens is 3. The molecule has 0 bridgehead atoms. The Hall–Kier alpha value is -3.82. The van der Waals surface area contributed by atoms with E-state index in [4.69, 9.17) is 0 Å². The molecule has 0 saturated carbocycles. The van der Waals surface area contributed by atoms with E-state index in [9.17, 15) is 26.7 Å². The summed E-state index contributed by atoms with van der Waals surface area (Å²) in [5.74, 6) is -12.6. The lowest BCUT2D eigenvalue weighted by Crippen LogP contribution is -2.19. The Morgan fingerprint density at radius 3 is 2.03 bits per heavy atom. The van der Waals surface area contributed by atoms with Crippen molar-refractivity contribution < 1.29 is 26.7 Å². The van der Waals surface area contributed by atoms with Crippen LogP contribution in [-0.4, -0.2) is 20.9 Å². The Balaban J connectivity index is 1.64. The van der Waals surface area contributed by atoms with E-state index in [1.54, 1.807) is 13.0 Å². The first kappa shape index (κ1) is 23.3. The molecule has 0 fully saturated rings. The van der Waals surface area contributed by atoms with Gasteiger partial charge in [0.15, 0.2) is 23.3 Å². The maximum atomic E-state index is 14.0. The van der Waals surface area contributed by atoms with Gasteiger partial charge >= 0.3 is 0 Å². The van der Waals surface area contributed by atoms with Crippen molar-refractivity contribution in [2.75, 3.05) is 5.32 Å². The van der Waals surface area contributed by atoms with Gasteiger partial charge in [0.25, 0.3) is 5.91 Å². The van der Waals surface area contributed by atoms with Crippen LogP contribution in [0.3, 0.4) is 0 Å². The molecule has 0 unspecified atom stereocenters. The Morgan fingerprint density at radius 1 is 0.882 bits per heavy atom. The highest BCUT2D eigenvalue weighted by molar-refractivity contribution is 6.05. The summed E-state index contributed by atoms with van der Waals surface area (Å²) in [4.78, 5) is 13.8. The minimum absolute atomic E-state index is 0.0865. The fourth-order valence-corrected chi connectivity index (χ4v) is 3.48. The number of aryl methyl sites for hydroxylation is 2. The third-order valence-electron chi connectivity index (χ3n) is 5.40. The minimum Gasteiger partial charge on any atom is -0.321 e. The minimum atomic E-state index is -2.33. The number of unbranched alkanes of at least 4 members (excludes halogenated alkanes) is 1. The van der Waals surface area contributed by atoms with E-state index in [2.05, 4.69) is 22.4 Å². The number of hydrogen-bond acceptors (Lipinski definition) is 3. The van der Waals surface area contributed by atoms with Crippen molar-refractivity contribution in [3.63, 3.8) is 0 Å². The molecule has 0 radical (unpaired) electrons. The number of anilines is 1. The Labute approximate surface area is 191 Å². The summed E-state index contributed by atoms with van der Waals surface area (Å²) in [5, 5.41) is 11.0. The first-order chi connectivity index (χ1) is 16.2. The fourth-order valence-electron chi connectivity index (χ4n) is 3.48. The van der Waals surface area contributed by atoms with Crippen molar-refractivity contribution >= 4 is 22.6 Å². The second kappa shape index (κ2) is 9.20. The molecule has 0 aliphatic heterocycles. The van der Waals surface area contributed by atoms with Crippen molar-refractivity contribution in [2.24, 2.45) is 0 Å². The average Bonchev–Trinajstić information content (AvgIpc) is 3.23. The lowest BCUT2D eigenvalue weighted by molar-refractivity contribution is 0.101. The topological polar surface area (TPSA) is 59.8 Å². The van der Waals surface area contributed by atoms with Gasteiger partial charge < -0.3 is 5.32 Å². The largest absolute Gasteiger partial charge is 0.321 e. The van der Waals surface area contributed by atoms with E-state index in [1.165, 1.54) is 16.4 Å². The van der Waals surface area contributed by atoms with Crippen LogP contribution in [0.4, 0.5) is 27.6 Å². The zero-order valence-electron chi connectivity index (χ0n) is 18.2. The van der Waals surface area contributed by atoms with Crippen molar-refractivity contribution in [3.8, 4) is 5.69 Å². The van der Waals surface area contributed by atoms with Crippen LogP contribution in [0, 0.1) is 36.0 Å². The number of amides is 1. The predicted molar refractivity (Wildman–Crippen MR) is 116 cm³/mol. The molecule has 0 atom stereocenters. The van der Waals surface area contributed by atoms with Crippen LogP contribution in [0.15, 0.2) is 36.4 Å². The Bertz CT molecular complexity index is 1370. The lowest BCUT2D eigenvalue weighted by Gasteiger charge is -2.11. The zero-order valence-corrected chi connectivity index (χ0v) is 18.2. The summed E-state index contributed by atoms with van der Waals surface area (Å²) in [5.41, 5.74) is 1.71. The van der Waals surface area contributed by atoms with E-state index >= 15 is 0 Å². The summed E-state index contributed by atoms with van der Waals surface area (Å²) >= 11 is 0.